The van der Waals surface area contributed by atoms with Gasteiger partial charge in [0.1, 0.15) is 5.60 Å². The average Bonchev–Trinajstić information content (AvgIpc) is 3.26. The van der Waals surface area contributed by atoms with Crippen LogP contribution in [0.4, 0.5) is 0 Å². The Kier molecular flexibility index (Phi) is 5.82. The molecule has 1 spiro atoms. The maximum Gasteiger partial charge on any atom is 0.166 e. The molecule has 2 saturated heterocycles. The zero-order valence-electron chi connectivity index (χ0n) is 23.5. The number of allylic oxidation sites excluding steroid dienone is 1. The molecule has 2 aromatic carbocycles. The van der Waals surface area contributed by atoms with Gasteiger partial charge in [-0.2, -0.15) is 0 Å². The molecule has 38 heavy (non-hydrogen) atoms. The molecule has 0 radical (unpaired) electrons. The van der Waals surface area contributed by atoms with Crippen molar-refractivity contribution in [3.8, 4) is 0 Å². The Bertz CT molecular complexity index is 1190. The molecule has 6 fully saturated rings. The van der Waals surface area contributed by atoms with E-state index in [-0.39, 0.29) is 10.8 Å². The first-order chi connectivity index (χ1) is 18.4. The largest absolute Gasteiger partial charge is 0.363 e. The summed E-state index contributed by atoms with van der Waals surface area (Å²) in [5.41, 5.74) is 3.58. The Morgan fingerprint density at radius 3 is 2.26 bits per heavy atom. The van der Waals surface area contributed by atoms with Gasteiger partial charge in [-0.25, -0.2) is 0 Å². The van der Waals surface area contributed by atoms with Crippen LogP contribution in [0.2, 0.25) is 0 Å². The fourth-order valence-corrected chi connectivity index (χ4v) is 10.7. The summed E-state index contributed by atoms with van der Waals surface area (Å²) in [4.78, 5) is 14.4. The van der Waals surface area contributed by atoms with Gasteiger partial charge in [0.2, 0.25) is 0 Å². The Labute approximate surface area is 229 Å². The van der Waals surface area contributed by atoms with E-state index in [0.717, 1.165) is 19.3 Å². The SMILES string of the molecule is C[C@@H](CC=C(c1ccccc1)c1ccccc1)C1CCC2C3CC[C@@H]4CC5CC[C@]4(C)[C@@]3(O5)C(=O)C[C@@]21C. The quantitative estimate of drug-likeness (QED) is 0.405. The van der Waals surface area contributed by atoms with Crippen LogP contribution in [0.1, 0.15) is 89.7 Å². The summed E-state index contributed by atoms with van der Waals surface area (Å²) < 4.78 is 6.93. The van der Waals surface area contributed by atoms with E-state index in [9.17, 15) is 4.79 Å². The molecule has 8 rings (SSSR count). The van der Waals surface area contributed by atoms with E-state index < -0.39 is 5.60 Å². The van der Waals surface area contributed by atoms with Gasteiger partial charge in [-0.1, -0.05) is 87.5 Å². The lowest BCUT2D eigenvalue weighted by molar-refractivity contribution is -0.307. The van der Waals surface area contributed by atoms with Gasteiger partial charge in [-0.05, 0) is 103 Å². The maximum atomic E-state index is 14.4. The summed E-state index contributed by atoms with van der Waals surface area (Å²) >= 11 is 0. The fraction of sp³-hybridized carbons (Fsp3) is 0.583. The molecule has 4 bridgehead atoms. The summed E-state index contributed by atoms with van der Waals surface area (Å²) in [7, 11) is 0. The van der Waals surface area contributed by atoms with Crippen LogP contribution in [-0.4, -0.2) is 17.5 Å². The van der Waals surface area contributed by atoms with Gasteiger partial charge in [0.05, 0.1) is 6.10 Å². The third kappa shape index (κ3) is 3.38. The molecule has 4 unspecified atom stereocenters. The van der Waals surface area contributed by atoms with Crippen molar-refractivity contribution < 1.29 is 9.53 Å². The molecule has 0 aromatic heterocycles. The highest BCUT2D eigenvalue weighted by molar-refractivity contribution is 5.91. The minimum Gasteiger partial charge on any atom is -0.363 e. The predicted molar refractivity (Wildman–Crippen MR) is 153 cm³/mol. The number of Topliss-reactive ketones (excluding diaryl/α,β-unsaturated/α-hetero) is 1. The van der Waals surface area contributed by atoms with Crippen LogP contribution >= 0.6 is 0 Å². The number of carbonyl (C=O) groups excluding carboxylic acids is 1. The number of carbonyl (C=O) groups is 1. The van der Waals surface area contributed by atoms with Crippen molar-refractivity contribution >= 4 is 11.4 Å². The second-order valence-electron chi connectivity index (χ2n) is 14.0. The van der Waals surface area contributed by atoms with Crippen LogP contribution in [0.25, 0.3) is 5.57 Å². The molecular formula is C36H44O2. The van der Waals surface area contributed by atoms with Crippen LogP contribution in [0, 0.1) is 40.4 Å². The van der Waals surface area contributed by atoms with Gasteiger partial charge in [0.25, 0.3) is 0 Å². The molecule has 2 aromatic rings. The number of rotatable bonds is 5. The van der Waals surface area contributed by atoms with E-state index in [1.165, 1.54) is 55.2 Å². The normalized spacial score (nSPS) is 41.8. The first-order valence-corrected chi connectivity index (χ1v) is 15.4. The molecule has 2 heteroatoms. The van der Waals surface area contributed by atoms with Crippen LogP contribution < -0.4 is 0 Å². The smallest absolute Gasteiger partial charge is 0.166 e. The third-order valence-corrected chi connectivity index (χ3v) is 12.5. The van der Waals surface area contributed by atoms with Crippen molar-refractivity contribution in [1.29, 1.82) is 0 Å². The molecular weight excluding hydrogens is 464 g/mol. The van der Waals surface area contributed by atoms with E-state index >= 15 is 0 Å². The predicted octanol–water partition coefficient (Wildman–Crippen LogP) is 8.50. The van der Waals surface area contributed by atoms with Crippen molar-refractivity contribution in [2.45, 2.75) is 90.3 Å². The Hall–Kier alpha value is -2.19. The van der Waals surface area contributed by atoms with Crippen molar-refractivity contribution in [3.63, 3.8) is 0 Å². The molecule has 6 aliphatic rings. The fourth-order valence-electron chi connectivity index (χ4n) is 10.7. The molecule has 2 heterocycles. The summed E-state index contributed by atoms with van der Waals surface area (Å²) in [5.74, 6) is 3.34. The third-order valence-electron chi connectivity index (χ3n) is 12.5. The second-order valence-corrected chi connectivity index (χ2v) is 14.0. The Morgan fingerprint density at radius 1 is 0.921 bits per heavy atom. The minimum absolute atomic E-state index is 0.0653. The first kappa shape index (κ1) is 24.8. The Balaban J connectivity index is 1.17. The van der Waals surface area contributed by atoms with Gasteiger partial charge < -0.3 is 4.74 Å². The van der Waals surface area contributed by atoms with Crippen molar-refractivity contribution in [1.82, 2.24) is 0 Å². The molecule has 2 aliphatic heterocycles. The minimum atomic E-state index is -0.479. The Morgan fingerprint density at radius 2 is 1.58 bits per heavy atom. The molecule has 0 amide bonds. The molecule has 200 valence electrons. The number of benzene rings is 2. The van der Waals surface area contributed by atoms with Crippen molar-refractivity contribution in [2.75, 3.05) is 0 Å². The van der Waals surface area contributed by atoms with E-state index in [0.29, 0.717) is 41.5 Å². The first-order valence-electron chi connectivity index (χ1n) is 15.4. The standard InChI is InChI=1S/C36H44O2/c1-24(14-16-29(25-10-6-4-7-11-25)26-12-8-5-9-13-26)30-18-19-31-32-17-15-27-22-28-20-21-35(27,3)36(32,38-28)33(37)23-34(30,31)2/h4-13,16,24,27-28,30-32H,14-15,17-23H2,1-3H3/t24-,27+,28?,30?,31?,32?,34+,35-,36-/m0/s1. The lowest BCUT2D eigenvalue weighted by atomic mass is 9.40. The van der Waals surface area contributed by atoms with Gasteiger partial charge >= 0.3 is 0 Å². The van der Waals surface area contributed by atoms with E-state index in [2.05, 4.69) is 87.5 Å². The zero-order chi connectivity index (χ0) is 26.1. The van der Waals surface area contributed by atoms with Crippen LogP contribution in [0.5, 0.6) is 0 Å². The van der Waals surface area contributed by atoms with Crippen molar-refractivity contribution in [3.05, 3.63) is 77.9 Å². The number of ether oxygens (including phenoxy) is 1. The average molecular weight is 509 g/mol. The van der Waals surface area contributed by atoms with Crippen molar-refractivity contribution in [2.24, 2.45) is 40.4 Å². The van der Waals surface area contributed by atoms with E-state index in [1.54, 1.807) is 0 Å². The van der Waals surface area contributed by atoms with E-state index in [1.807, 2.05) is 0 Å². The number of ketones is 1. The van der Waals surface area contributed by atoms with Crippen LogP contribution in [-0.2, 0) is 9.53 Å². The van der Waals surface area contributed by atoms with Crippen LogP contribution in [0.15, 0.2) is 66.7 Å². The molecule has 9 atom stereocenters. The lowest BCUT2D eigenvalue weighted by Gasteiger charge is -2.70. The molecule has 2 nitrogen and oxygen atoms in total. The highest BCUT2D eigenvalue weighted by Crippen LogP contribution is 2.72. The summed E-state index contributed by atoms with van der Waals surface area (Å²) in [5, 5.41) is 0. The highest BCUT2D eigenvalue weighted by atomic mass is 16.5. The van der Waals surface area contributed by atoms with Gasteiger partial charge in [0.15, 0.2) is 5.78 Å². The van der Waals surface area contributed by atoms with Crippen LogP contribution in [0.3, 0.4) is 0 Å². The number of fused-ring (bicyclic) bond motifs is 3. The lowest BCUT2D eigenvalue weighted by Crippen LogP contribution is -2.75. The zero-order valence-corrected chi connectivity index (χ0v) is 23.5. The highest BCUT2D eigenvalue weighted by Gasteiger charge is 2.74. The van der Waals surface area contributed by atoms with Gasteiger partial charge in [0, 0.05) is 11.8 Å². The van der Waals surface area contributed by atoms with Gasteiger partial charge in [-0.15, -0.1) is 0 Å². The summed E-state index contributed by atoms with van der Waals surface area (Å²) in [6.07, 6.45) is 13.2. The monoisotopic (exact) mass is 508 g/mol. The topological polar surface area (TPSA) is 26.3 Å². The summed E-state index contributed by atoms with van der Waals surface area (Å²) in [6, 6.07) is 21.6. The summed E-state index contributed by atoms with van der Waals surface area (Å²) in [6.45, 7) is 7.38. The molecule has 4 aliphatic carbocycles. The van der Waals surface area contributed by atoms with E-state index in [4.69, 9.17) is 4.74 Å². The molecule has 0 N–H and O–H groups in total. The second kappa shape index (κ2) is 8.91. The number of hydrogen-bond acceptors (Lipinski definition) is 2. The molecule has 4 saturated carbocycles. The van der Waals surface area contributed by atoms with Gasteiger partial charge in [-0.3, -0.25) is 4.79 Å². The maximum absolute atomic E-state index is 14.4. The number of hydrogen-bond donors (Lipinski definition) is 0.